The molecule has 0 bridgehead atoms. The Bertz CT molecular complexity index is 347. The highest BCUT2D eigenvalue weighted by Gasteiger charge is 2.34. The molecule has 0 saturated carbocycles. The number of aliphatic hydroxyl groups is 1. The zero-order chi connectivity index (χ0) is 10.2. The van der Waals surface area contributed by atoms with Crippen LogP contribution in [0, 0.1) is 5.82 Å². The summed E-state index contributed by atoms with van der Waals surface area (Å²) >= 11 is 0. The molecule has 2 N–H and O–H groups in total. The van der Waals surface area contributed by atoms with Crippen LogP contribution in [0.4, 0.5) is 10.1 Å². The maximum atomic E-state index is 12.9. The first-order chi connectivity index (χ1) is 6.69. The Hall–Kier alpha value is -1.09. The molecule has 76 valence electrons. The van der Waals surface area contributed by atoms with Gasteiger partial charge in [-0.05, 0) is 36.6 Å². The largest absolute Gasteiger partial charge is 0.394 e. The summed E-state index contributed by atoms with van der Waals surface area (Å²) in [5.41, 5.74) is 1.62. The molecule has 2 nitrogen and oxygen atoms in total. The SMILES string of the molecule is CCC1(CO)Cc2cc(F)ccc2N1. The number of hydrogen-bond acceptors (Lipinski definition) is 2. The van der Waals surface area contributed by atoms with E-state index in [-0.39, 0.29) is 18.0 Å². The first kappa shape index (κ1) is 9.46. The molecule has 1 aliphatic rings. The molecule has 1 aromatic carbocycles. The van der Waals surface area contributed by atoms with Gasteiger partial charge < -0.3 is 10.4 Å². The van der Waals surface area contributed by atoms with E-state index in [1.807, 2.05) is 6.92 Å². The maximum absolute atomic E-state index is 12.9. The Balaban J connectivity index is 2.33. The van der Waals surface area contributed by atoms with E-state index in [0.29, 0.717) is 6.42 Å². The number of benzene rings is 1. The van der Waals surface area contributed by atoms with Crippen LogP contribution in [-0.4, -0.2) is 17.3 Å². The van der Waals surface area contributed by atoms with Gasteiger partial charge in [0.25, 0.3) is 0 Å². The summed E-state index contributed by atoms with van der Waals surface area (Å²) in [6.07, 6.45) is 1.53. The van der Waals surface area contributed by atoms with E-state index in [4.69, 9.17) is 0 Å². The summed E-state index contributed by atoms with van der Waals surface area (Å²) in [6, 6.07) is 4.71. The van der Waals surface area contributed by atoms with E-state index in [1.54, 1.807) is 6.07 Å². The molecule has 2 rings (SSSR count). The number of nitrogens with one attached hydrogen (secondary N) is 1. The van der Waals surface area contributed by atoms with Gasteiger partial charge in [-0.25, -0.2) is 4.39 Å². The van der Waals surface area contributed by atoms with Crippen molar-refractivity contribution in [1.29, 1.82) is 0 Å². The topological polar surface area (TPSA) is 32.3 Å². The first-order valence-electron chi connectivity index (χ1n) is 4.86. The van der Waals surface area contributed by atoms with E-state index < -0.39 is 0 Å². The van der Waals surface area contributed by atoms with Crippen molar-refractivity contribution in [2.24, 2.45) is 0 Å². The summed E-state index contributed by atoms with van der Waals surface area (Å²) in [5, 5.41) is 12.6. The molecule has 3 heteroatoms. The Morgan fingerprint density at radius 1 is 1.57 bits per heavy atom. The Labute approximate surface area is 82.8 Å². The molecule has 1 aliphatic heterocycles. The average Bonchev–Trinajstić information content (AvgIpc) is 2.56. The van der Waals surface area contributed by atoms with Crippen molar-refractivity contribution in [1.82, 2.24) is 0 Å². The molecule has 0 amide bonds. The number of hydrogen-bond donors (Lipinski definition) is 2. The second kappa shape index (κ2) is 3.24. The zero-order valence-corrected chi connectivity index (χ0v) is 8.18. The summed E-state index contributed by atoms with van der Waals surface area (Å²) in [4.78, 5) is 0. The van der Waals surface area contributed by atoms with Gasteiger partial charge >= 0.3 is 0 Å². The number of fused-ring (bicyclic) bond motifs is 1. The quantitative estimate of drug-likeness (QED) is 0.755. The molecule has 0 radical (unpaired) electrons. The van der Waals surface area contributed by atoms with Gasteiger partial charge in [0.2, 0.25) is 0 Å². The lowest BCUT2D eigenvalue weighted by Crippen LogP contribution is -2.39. The predicted octanol–water partition coefficient (Wildman–Crippen LogP) is 1.93. The molecule has 1 heterocycles. The average molecular weight is 195 g/mol. The van der Waals surface area contributed by atoms with Crippen LogP contribution in [0.3, 0.4) is 0 Å². The van der Waals surface area contributed by atoms with E-state index >= 15 is 0 Å². The number of rotatable bonds is 2. The molecule has 0 saturated heterocycles. The third kappa shape index (κ3) is 1.38. The Kier molecular flexibility index (Phi) is 2.19. The molecule has 0 aliphatic carbocycles. The smallest absolute Gasteiger partial charge is 0.123 e. The lowest BCUT2D eigenvalue weighted by atomic mass is 9.93. The molecule has 0 spiro atoms. The van der Waals surface area contributed by atoms with E-state index in [9.17, 15) is 9.50 Å². The molecular weight excluding hydrogens is 181 g/mol. The number of aliphatic hydroxyl groups excluding tert-OH is 1. The van der Waals surface area contributed by atoms with Crippen LogP contribution < -0.4 is 5.32 Å². The first-order valence-corrected chi connectivity index (χ1v) is 4.86. The van der Waals surface area contributed by atoms with Gasteiger partial charge in [0.15, 0.2) is 0 Å². The Morgan fingerprint density at radius 3 is 3.00 bits per heavy atom. The van der Waals surface area contributed by atoms with Crippen LogP contribution in [0.25, 0.3) is 0 Å². The molecule has 0 aromatic heterocycles. The lowest BCUT2D eigenvalue weighted by molar-refractivity contribution is 0.211. The van der Waals surface area contributed by atoms with Crippen molar-refractivity contribution in [3.63, 3.8) is 0 Å². The summed E-state index contributed by atoms with van der Waals surface area (Å²) in [6.45, 7) is 2.10. The van der Waals surface area contributed by atoms with Crippen molar-refractivity contribution >= 4 is 5.69 Å². The highest BCUT2D eigenvalue weighted by atomic mass is 19.1. The van der Waals surface area contributed by atoms with E-state index in [0.717, 1.165) is 17.7 Å². The van der Waals surface area contributed by atoms with Crippen molar-refractivity contribution in [2.45, 2.75) is 25.3 Å². The molecule has 14 heavy (non-hydrogen) atoms. The molecule has 1 aromatic rings. The third-order valence-electron chi connectivity index (χ3n) is 2.98. The fourth-order valence-corrected chi connectivity index (χ4v) is 1.95. The number of anilines is 1. The van der Waals surface area contributed by atoms with Crippen LogP contribution in [0.15, 0.2) is 18.2 Å². The van der Waals surface area contributed by atoms with Gasteiger partial charge in [0.05, 0.1) is 12.1 Å². The van der Waals surface area contributed by atoms with Crippen molar-refractivity contribution < 1.29 is 9.50 Å². The standard InChI is InChI=1S/C11H14FNO/c1-2-11(7-14)6-8-5-9(12)3-4-10(8)13-11/h3-5,13-14H,2,6-7H2,1H3. The van der Waals surface area contributed by atoms with Gasteiger partial charge in [0, 0.05) is 5.69 Å². The highest BCUT2D eigenvalue weighted by Crippen LogP contribution is 2.34. The molecule has 1 unspecified atom stereocenters. The van der Waals surface area contributed by atoms with Gasteiger partial charge in [-0.3, -0.25) is 0 Å². The Morgan fingerprint density at radius 2 is 2.36 bits per heavy atom. The van der Waals surface area contributed by atoms with Crippen molar-refractivity contribution in [3.8, 4) is 0 Å². The van der Waals surface area contributed by atoms with Crippen LogP contribution in [-0.2, 0) is 6.42 Å². The van der Waals surface area contributed by atoms with Crippen molar-refractivity contribution in [2.75, 3.05) is 11.9 Å². The van der Waals surface area contributed by atoms with Crippen molar-refractivity contribution in [3.05, 3.63) is 29.6 Å². The molecular formula is C11H14FNO. The monoisotopic (exact) mass is 195 g/mol. The zero-order valence-electron chi connectivity index (χ0n) is 8.18. The van der Waals surface area contributed by atoms with E-state index in [1.165, 1.54) is 12.1 Å². The molecule has 1 atom stereocenters. The van der Waals surface area contributed by atoms with E-state index in [2.05, 4.69) is 5.32 Å². The predicted molar refractivity (Wildman–Crippen MR) is 53.8 cm³/mol. The summed E-state index contributed by atoms with van der Waals surface area (Å²) < 4.78 is 12.9. The van der Waals surface area contributed by atoms with Crippen LogP contribution in [0.2, 0.25) is 0 Å². The maximum Gasteiger partial charge on any atom is 0.123 e. The molecule has 0 fully saturated rings. The minimum Gasteiger partial charge on any atom is -0.394 e. The summed E-state index contributed by atoms with van der Waals surface area (Å²) in [7, 11) is 0. The van der Waals surface area contributed by atoms with Gasteiger partial charge in [0.1, 0.15) is 5.82 Å². The van der Waals surface area contributed by atoms with Gasteiger partial charge in [-0.1, -0.05) is 6.92 Å². The van der Waals surface area contributed by atoms with Crippen LogP contribution in [0.5, 0.6) is 0 Å². The van der Waals surface area contributed by atoms with Crippen LogP contribution in [0.1, 0.15) is 18.9 Å². The number of halogens is 1. The summed E-state index contributed by atoms with van der Waals surface area (Å²) in [5.74, 6) is -0.213. The normalized spacial score (nSPS) is 24.5. The lowest BCUT2D eigenvalue weighted by Gasteiger charge is -2.25. The third-order valence-corrected chi connectivity index (χ3v) is 2.98. The fourth-order valence-electron chi connectivity index (χ4n) is 1.95. The van der Waals surface area contributed by atoms with Gasteiger partial charge in [-0.15, -0.1) is 0 Å². The minimum absolute atomic E-state index is 0.0831. The second-order valence-corrected chi connectivity index (χ2v) is 3.90. The fraction of sp³-hybridized carbons (Fsp3) is 0.455. The van der Waals surface area contributed by atoms with Crippen LogP contribution >= 0.6 is 0 Å². The second-order valence-electron chi connectivity index (χ2n) is 3.90. The van der Waals surface area contributed by atoms with Gasteiger partial charge in [-0.2, -0.15) is 0 Å². The highest BCUT2D eigenvalue weighted by molar-refractivity contribution is 5.59. The minimum atomic E-state index is -0.282.